The molecule has 0 aliphatic heterocycles. The van der Waals surface area contributed by atoms with E-state index in [9.17, 15) is 4.79 Å². The second-order valence-corrected chi connectivity index (χ2v) is 5.88. The number of hydrogen-bond donors (Lipinski definition) is 2. The Hall–Kier alpha value is -0.900. The van der Waals surface area contributed by atoms with Gasteiger partial charge < -0.3 is 10.1 Å². The molecule has 0 radical (unpaired) electrons. The molecule has 17 heavy (non-hydrogen) atoms. The largest absolute Gasteiger partial charge is 0.456 e. The summed E-state index contributed by atoms with van der Waals surface area (Å²) in [5, 5.41) is 11.1. The van der Waals surface area contributed by atoms with Crippen LogP contribution in [0.2, 0.25) is 0 Å². The van der Waals surface area contributed by atoms with Crippen LogP contribution in [0.25, 0.3) is 0 Å². The molecule has 2 N–H and O–H groups in total. The van der Waals surface area contributed by atoms with Crippen molar-refractivity contribution in [3.05, 3.63) is 0 Å². The summed E-state index contributed by atoms with van der Waals surface area (Å²) in [6, 6.07) is 0.747. The molecule has 4 nitrogen and oxygen atoms in total. The Bertz CT molecular complexity index is 290. The normalized spacial score (nSPS) is 18.4. The molecule has 0 aromatic carbocycles. The fourth-order valence-corrected chi connectivity index (χ4v) is 1.77. The summed E-state index contributed by atoms with van der Waals surface area (Å²) in [6.45, 7) is 7.45. The Balaban J connectivity index is 2.29. The van der Waals surface area contributed by atoms with Crippen molar-refractivity contribution in [1.29, 1.82) is 5.41 Å². The Morgan fingerprint density at radius 3 is 2.47 bits per heavy atom. The molecule has 0 bridgehead atoms. The van der Waals surface area contributed by atoms with Crippen molar-refractivity contribution in [3.8, 4) is 0 Å². The lowest BCUT2D eigenvalue weighted by molar-refractivity contribution is -0.146. The van der Waals surface area contributed by atoms with E-state index in [-0.39, 0.29) is 11.8 Å². The third kappa shape index (κ3) is 5.31. The van der Waals surface area contributed by atoms with Crippen molar-refractivity contribution < 1.29 is 9.53 Å². The number of ether oxygens (including phenoxy) is 1. The van der Waals surface area contributed by atoms with Gasteiger partial charge in [0.25, 0.3) is 0 Å². The van der Waals surface area contributed by atoms with Crippen LogP contribution in [0.4, 0.5) is 0 Å². The van der Waals surface area contributed by atoms with E-state index >= 15 is 0 Å². The Morgan fingerprint density at radius 2 is 2.06 bits per heavy atom. The van der Waals surface area contributed by atoms with Gasteiger partial charge in [-0.25, -0.2) is 4.79 Å². The van der Waals surface area contributed by atoms with E-state index in [0.29, 0.717) is 12.5 Å². The van der Waals surface area contributed by atoms with Gasteiger partial charge in [-0.1, -0.05) is 6.42 Å². The van der Waals surface area contributed by atoms with Crippen LogP contribution < -0.4 is 5.32 Å². The summed E-state index contributed by atoms with van der Waals surface area (Å²) in [6.07, 6.45) is 4.15. The van der Waals surface area contributed by atoms with Crippen LogP contribution >= 0.6 is 0 Å². The molecule has 1 atom stereocenters. The van der Waals surface area contributed by atoms with Gasteiger partial charge in [0.2, 0.25) is 0 Å². The number of nitrogens with one attached hydrogen (secondary N) is 2. The lowest BCUT2D eigenvalue weighted by Gasteiger charge is -2.30. The molecule has 98 valence electrons. The van der Waals surface area contributed by atoms with Crippen molar-refractivity contribution in [1.82, 2.24) is 5.32 Å². The monoisotopic (exact) mass is 240 g/mol. The zero-order valence-corrected chi connectivity index (χ0v) is 11.3. The minimum Gasteiger partial charge on any atom is -0.456 e. The molecule has 1 aliphatic carbocycles. The van der Waals surface area contributed by atoms with Gasteiger partial charge in [0, 0.05) is 18.5 Å². The summed E-state index contributed by atoms with van der Waals surface area (Å²) >= 11 is 0. The van der Waals surface area contributed by atoms with Gasteiger partial charge in [0.15, 0.2) is 0 Å². The van der Waals surface area contributed by atoms with E-state index in [4.69, 9.17) is 10.1 Å². The quantitative estimate of drug-likeness (QED) is 0.572. The molecular formula is C13H24N2O2. The van der Waals surface area contributed by atoms with Crippen LogP contribution in [-0.4, -0.2) is 29.4 Å². The first-order chi connectivity index (χ1) is 7.78. The van der Waals surface area contributed by atoms with Gasteiger partial charge in [0.1, 0.15) is 11.3 Å². The molecule has 0 amide bonds. The fourth-order valence-electron chi connectivity index (χ4n) is 1.77. The highest BCUT2D eigenvalue weighted by atomic mass is 16.6. The first-order valence-corrected chi connectivity index (χ1v) is 6.35. The van der Waals surface area contributed by atoms with Crippen molar-refractivity contribution in [2.24, 2.45) is 0 Å². The van der Waals surface area contributed by atoms with Crippen molar-refractivity contribution in [2.45, 2.75) is 71.1 Å². The summed E-state index contributed by atoms with van der Waals surface area (Å²) < 4.78 is 5.15. The fraction of sp³-hybridized carbons (Fsp3) is 0.846. The smallest absolute Gasteiger partial charge is 0.352 e. The van der Waals surface area contributed by atoms with E-state index in [1.54, 1.807) is 0 Å². The Morgan fingerprint density at radius 1 is 1.47 bits per heavy atom. The van der Waals surface area contributed by atoms with Crippen molar-refractivity contribution >= 4 is 11.7 Å². The van der Waals surface area contributed by atoms with E-state index in [0.717, 1.165) is 0 Å². The third-order valence-electron chi connectivity index (χ3n) is 2.78. The van der Waals surface area contributed by atoms with Gasteiger partial charge in [-0.3, -0.25) is 5.41 Å². The second kappa shape index (κ2) is 5.63. The van der Waals surface area contributed by atoms with Gasteiger partial charge in [0.05, 0.1) is 0 Å². The van der Waals surface area contributed by atoms with Crippen LogP contribution in [0, 0.1) is 5.41 Å². The first kappa shape index (κ1) is 14.2. The minimum absolute atomic E-state index is 0.0549. The molecular weight excluding hydrogens is 216 g/mol. The summed E-state index contributed by atoms with van der Waals surface area (Å²) in [5.41, 5.74) is -0.465. The molecule has 1 rings (SSSR count). The first-order valence-electron chi connectivity index (χ1n) is 6.35. The molecule has 1 fully saturated rings. The average molecular weight is 240 g/mol. The summed E-state index contributed by atoms with van der Waals surface area (Å²) in [4.78, 5) is 11.6. The number of esters is 1. The highest BCUT2D eigenvalue weighted by Gasteiger charge is 2.23. The van der Waals surface area contributed by atoms with E-state index < -0.39 is 11.6 Å². The molecule has 0 aromatic rings. The number of carbonyl (C=O) groups is 1. The standard InChI is InChI=1S/C13H24N2O2/c1-9(15-10-6-5-7-10)8-11(14)12(16)17-13(2,3)4/h9-10,14-15H,5-8H2,1-4H3/t9-/m0/s1. The van der Waals surface area contributed by atoms with Crippen molar-refractivity contribution in [2.75, 3.05) is 0 Å². The Kier molecular flexibility index (Phi) is 4.69. The highest BCUT2D eigenvalue weighted by Crippen LogP contribution is 2.19. The maximum Gasteiger partial charge on any atom is 0.352 e. The molecule has 4 heteroatoms. The molecule has 0 unspecified atom stereocenters. The molecule has 0 heterocycles. The topological polar surface area (TPSA) is 62.2 Å². The zero-order valence-electron chi connectivity index (χ0n) is 11.3. The number of rotatable bonds is 5. The van der Waals surface area contributed by atoms with E-state index in [1.165, 1.54) is 19.3 Å². The van der Waals surface area contributed by atoms with Crippen LogP contribution in [0.3, 0.4) is 0 Å². The van der Waals surface area contributed by atoms with Crippen LogP contribution in [-0.2, 0) is 9.53 Å². The summed E-state index contributed by atoms with van der Waals surface area (Å²) in [5.74, 6) is -0.500. The lowest BCUT2D eigenvalue weighted by Crippen LogP contribution is -2.42. The minimum atomic E-state index is -0.520. The maximum absolute atomic E-state index is 11.6. The van der Waals surface area contributed by atoms with Gasteiger partial charge in [-0.2, -0.15) is 0 Å². The van der Waals surface area contributed by atoms with Crippen LogP contribution in [0.1, 0.15) is 53.4 Å². The van der Waals surface area contributed by atoms with E-state index in [1.807, 2.05) is 27.7 Å². The predicted molar refractivity (Wildman–Crippen MR) is 68.4 cm³/mol. The SMILES string of the molecule is C[C@@H](CC(=N)C(=O)OC(C)(C)C)NC1CCC1. The van der Waals surface area contributed by atoms with Crippen LogP contribution in [0.5, 0.6) is 0 Å². The molecule has 1 saturated carbocycles. The van der Waals surface area contributed by atoms with Crippen molar-refractivity contribution in [3.63, 3.8) is 0 Å². The highest BCUT2D eigenvalue weighted by molar-refractivity contribution is 6.35. The molecule has 1 aliphatic rings. The van der Waals surface area contributed by atoms with E-state index in [2.05, 4.69) is 5.32 Å². The number of carbonyl (C=O) groups excluding carboxylic acids is 1. The van der Waals surface area contributed by atoms with Gasteiger partial charge >= 0.3 is 5.97 Å². The molecule has 0 saturated heterocycles. The number of hydrogen-bond acceptors (Lipinski definition) is 4. The molecule has 0 spiro atoms. The Labute approximate surface area is 104 Å². The zero-order chi connectivity index (χ0) is 13.1. The maximum atomic E-state index is 11.6. The molecule has 0 aromatic heterocycles. The second-order valence-electron chi connectivity index (χ2n) is 5.88. The van der Waals surface area contributed by atoms with Gasteiger partial charge in [-0.05, 0) is 40.5 Å². The predicted octanol–water partition coefficient (Wildman–Crippen LogP) is 2.27. The average Bonchev–Trinajstić information content (AvgIpc) is 2.08. The third-order valence-corrected chi connectivity index (χ3v) is 2.78. The van der Waals surface area contributed by atoms with Crippen LogP contribution in [0.15, 0.2) is 0 Å². The summed E-state index contributed by atoms with van der Waals surface area (Å²) in [7, 11) is 0. The lowest BCUT2D eigenvalue weighted by atomic mass is 9.92. The van der Waals surface area contributed by atoms with Gasteiger partial charge in [-0.15, -0.1) is 0 Å².